The fraction of sp³-hybridized carbons (Fsp3) is 0.400. The topological polar surface area (TPSA) is 57.9 Å². The second-order valence-electron chi connectivity index (χ2n) is 6.53. The molecule has 0 atom stereocenters. The van der Waals surface area contributed by atoms with E-state index in [1.54, 1.807) is 0 Å². The summed E-state index contributed by atoms with van der Waals surface area (Å²) in [5.41, 5.74) is 4.13. The first-order chi connectivity index (χ1) is 11.6. The Morgan fingerprint density at radius 1 is 1.12 bits per heavy atom. The Balaban J connectivity index is 1.86. The van der Waals surface area contributed by atoms with Gasteiger partial charge in [0, 0.05) is 25.2 Å². The summed E-state index contributed by atoms with van der Waals surface area (Å²) >= 11 is 0. The van der Waals surface area contributed by atoms with Gasteiger partial charge in [0.2, 0.25) is 0 Å². The van der Waals surface area contributed by atoms with Crippen LogP contribution in [-0.4, -0.2) is 24.7 Å². The molecule has 24 heavy (non-hydrogen) atoms. The minimum Gasteiger partial charge on any atom is -0.381 e. The lowest BCUT2D eigenvalue weighted by Gasteiger charge is -2.39. The van der Waals surface area contributed by atoms with Crippen LogP contribution in [0.5, 0.6) is 0 Å². The summed E-state index contributed by atoms with van der Waals surface area (Å²) in [7, 11) is 0. The molecule has 1 aromatic heterocycles. The number of aromatic nitrogens is 1. The van der Waals surface area contributed by atoms with Crippen molar-refractivity contribution in [2.75, 3.05) is 25.1 Å². The molecule has 1 aliphatic rings. The molecule has 4 heteroatoms. The predicted octanol–water partition coefficient (Wildman–Crippen LogP) is 3.73. The van der Waals surface area contributed by atoms with Crippen molar-refractivity contribution >= 4 is 5.82 Å². The second-order valence-corrected chi connectivity index (χ2v) is 6.53. The van der Waals surface area contributed by atoms with E-state index >= 15 is 0 Å². The average Bonchev–Trinajstić information content (AvgIpc) is 2.62. The number of nitrogens with one attached hydrogen (secondary N) is 1. The van der Waals surface area contributed by atoms with Gasteiger partial charge in [-0.25, -0.2) is 4.98 Å². The molecule has 1 fully saturated rings. The van der Waals surface area contributed by atoms with Crippen LogP contribution in [0.25, 0.3) is 0 Å². The molecule has 2 aromatic rings. The Morgan fingerprint density at radius 2 is 1.88 bits per heavy atom. The number of nitriles is 1. The molecule has 0 amide bonds. The van der Waals surface area contributed by atoms with Gasteiger partial charge in [-0.2, -0.15) is 5.26 Å². The van der Waals surface area contributed by atoms with E-state index in [0.717, 1.165) is 44.0 Å². The van der Waals surface area contributed by atoms with E-state index in [4.69, 9.17) is 10.00 Å². The van der Waals surface area contributed by atoms with Crippen molar-refractivity contribution in [2.45, 2.75) is 32.1 Å². The van der Waals surface area contributed by atoms with Gasteiger partial charge in [0.15, 0.2) is 0 Å². The third-order valence-electron chi connectivity index (χ3n) is 4.98. The summed E-state index contributed by atoms with van der Waals surface area (Å²) in [5, 5.41) is 12.6. The zero-order chi connectivity index (χ0) is 17.0. The Kier molecular flexibility index (Phi) is 4.82. The number of ether oxygens (including phenoxy) is 1. The summed E-state index contributed by atoms with van der Waals surface area (Å²) in [6, 6.07) is 14.6. The first-order valence-corrected chi connectivity index (χ1v) is 8.40. The summed E-state index contributed by atoms with van der Waals surface area (Å²) in [5.74, 6) is 0.761. The van der Waals surface area contributed by atoms with Crippen molar-refractivity contribution in [3.05, 3.63) is 58.8 Å². The number of pyridine rings is 1. The van der Waals surface area contributed by atoms with E-state index in [9.17, 15) is 0 Å². The second kappa shape index (κ2) is 7.02. The minimum atomic E-state index is 0.0446. The number of aryl methyl sites for hydroxylation is 2. The molecule has 0 radical (unpaired) electrons. The molecule has 1 N–H and O–H groups in total. The summed E-state index contributed by atoms with van der Waals surface area (Å²) < 4.78 is 5.60. The van der Waals surface area contributed by atoms with Crippen molar-refractivity contribution in [1.29, 1.82) is 5.26 Å². The molecule has 124 valence electrons. The van der Waals surface area contributed by atoms with Crippen LogP contribution in [0.15, 0.2) is 36.4 Å². The third kappa shape index (κ3) is 3.27. The van der Waals surface area contributed by atoms with Crippen molar-refractivity contribution in [3.63, 3.8) is 0 Å². The van der Waals surface area contributed by atoms with Gasteiger partial charge in [0.1, 0.15) is 17.6 Å². The molecular formula is C20H23N3O. The van der Waals surface area contributed by atoms with Crippen LogP contribution in [0.1, 0.15) is 35.2 Å². The highest BCUT2D eigenvalue weighted by atomic mass is 16.5. The molecule has 0 saturated carbocycles. The zero-order valence-electron chi connectivity index (χ0n) is 14.3. The number of nitrogens with zero attached hydrogens (tertiary/aromatic N) is 2. The van der Waals surface area contributed by atoms with Gasteiger partial charge in [-0.05, 0) is 49.4 Å². The largest absolute Gasteiger partial charge is 0.381 e. The van der Waals surface area contributed by atoms with Gasteiger partial charge in [-0.15, -0.1) is 0 Å². The average molecular weight is 321 g/mol. The lowest BCUT2D eigenvalue weighted by Crippen LogP contribution is -2.40. The maximum Gasteiger partial charge on any atom is 0.145 e. The number of hydrogen-bond acceptors (Lipinski definition) is 4. The summed E-state index contributed by atoms with van der Waals surface area (Å²) in [6.45, 7) is 6.43. The molecule has 1 aromatic carbocycles. The number of anilines is 1. The Hall–Kier alpha value is -2.38. The molecule has 3 rings (SSSR count). The molecule has 0 bridgehead atoms. The van der Waals surface area contributed by atoms with Crippen molar-refractivity contribution < 1.29 is 4.74 Å². The lowest BCUT2D eigenvalue weighted by molar-refractivity contribution is 0.0541. The molecule has 4 nitrogen and oxygen atoms in total. The van der Waals surface area contributed by atoms with Crippen LogP contribution in [0.2, 0.25) is 0 Å². The van der Waals surface area contributed by atoms with Gasteiger partial charge in [0.05, 0.1) is 0 Å². The highest BCUT2D eigenvalue weighted by molar-refractivity contribution is 5.44. The third-order valence-corrected chi connectivity index (χ3v) is 4.98. The van der Waals surface area contributed by atoms with Crippen LogP contribution in [0.4, 0.5) is 5.82 Å². The van der Waals surface area contributed by atoms with Crippen LogP contribution < -0.4 is 5.32 Å². The van der Waals surface area contributed by atoms with Crippen LogP contribution in [-0.2, 0) is 10.2 Å². The van der Waals surface area contributed by atoms with Crippen LogP contribution in [0.3, 0.4) is 0 Å². The van der Waals surface area contributed by atoms with Gasteiger partial charge >= 0.3 is 0 Å². The maximum atomic E-state index is 9.17. The fourth-order valence-corrected chi connectivity index (χ4v) is 3.47. The standard InChI is InChI=1S/C20H23N3O/c1-15-5-3-4-6-17(15)20(9-11-24-12-10-20)14-22-19-8-7-16(2)18(13-21)23-19/h3-8H,9-12,14H2,1-2H3,(H,22,23). The Morgan fingerprint density at radius 3 is 2.58 bits per heavy atom. The van der Waals surface area contributed by atoms with Gasteiger partial charge in [-0.3, -0.25) is 0 Å². The Bertz CT molecular complexity index is 758. The number of hydrogen-bond donors (Lipinski definition) is 1. The summed E-state index contributed by atoms with van der Waals surface area (Å²) in [6.07, 6.45) is 1.98. The molecule has 0 spiro atoms. The lowest BCUT2D eigenvalue weighted by atomic mass is 9.72. The Labute approximate surface area is 143 Å². The monoisotopic (exact) mass is 321 g/mol. The van der Waals surface area contributed by atoms with Gasteiger partial charge in [0.25, 0.3) is 0 Å². The highest BCUT2D eigenvalue weighted by Gasteiger charge is 2.35. The van der Waals surface area contributed by atoms with Crippen molar-refractivity contribution in [2.24, 2.45) is 0 Å². The van der Waals surface area contributed by atoms with Gasteiger partial charge < -0.3 is 10.1 Å². The normalized spacial score (nSPS) is 16.4. The van der Waals surface area contributed by atoms with E-state index in [2.05, 4.69) is 47.6 Å². The molecular weight excluding hydrogens is 298 g/mol. The summed E-state index contributed by atoms with van der Waals surface area (Å²) in [4.78, 5) is 4.42. The van der Waals surface area contributed by atoms with Crippen LogP contribution in [0, 0.1) is 25.2 Å². The first kappa shape index (κ1) is 16.5. The molecule has 1 saturated heterocycles. The van der Waals surface area contributed by atoms with Crippen molar-refractivity contribution in [1.82, 2.24) is 4.98 Å². The van der Waals surface area contributed by atoms with Crippen LogP contribution >= 0.6 is 0 Å². The van der Waals surface area contributed by atoms with E-state index in [1.807, 2.05) is 19.1 Å². The highest BCUT2D eigenvalue weighted by Crippen LogP contribution is 2.36. The van der Waals surface area contributed by atoms with E-state index in [0.29, 0.717) is 5.69 Å². The smallest absolute Gasteiger partial charge is 0.145 e. The molecule has 0 aliphatic carbocycles. The minimum absolute atomic E-state index is 0.0446. The predicted molar refractivity (Wildman–Crippen MR) is 95.1 cm³/mol. The quantitative estimate of drug-likeness (QED) is 0.932. The molecule has 2 heterocycles. The molecule has 0 unspecified atom stereocenters. The SMILES string of the molecule is Cc1ccccc1C1(CNc2ccc(C)c(C#N)n2)CCOCC1. The van der Waals surface area contributed by atoms with E-state index in [-0.39, 0.29) is 5.41 Å². The molecule has 1 aliphatic heterocycles. The fourth-order valence-electron chi connectivity index (χ4n) is 3.47. The zero-order valence-corrected chi connectivity index (χ0v) is 14.3. The maximum absolute atomic E-state index is 9.17. The van der Waals surface area contributed by atoms with E-state index < -0.39 is 0 Å². The van der Waals surface area contributed by atoms with E-state index in [1.165, 1.54) is 11.1 Å². The first-order valence-electron chi connectivity index (χ1n) is 8.40. The van der Waals surface area contributed by atoms with Crippen molar-refractivity contribution in [3.8, 4) is 6.07 Å². The van der Waals surface area contributed by atoms with Gasteiger partial charge in [-0.1, -0.05) is 30.3 Å². The number of benzene rings is 1. The number of rotatable bonds is 4.